The van der Waals surface area contributed by atoms with Crippen molar-refractivity contribution in [1.29, 1.82) is 0 Å². The normalized spacial score (nSPS) is 10.6. The third-order valence-electron chi connectivity index (χ3n) is 2.95. The molecule has 1 N–H and O–H groups in total. The van der Waals surface area contributed by atoms with E-state index in [-0.39, 0.29) is 0 Å². The smallest absolute Gasteiger partial charge is 0.0559 e. The Morgan fingerprint density at radius 3 is 3.00 bits per heavy atom. The number of thiophene rings is 2. The van der Waals surface area contributed by atoms with Crippen molar-refractivity contribution < 1.29 is 0 Å². The first kappa shape index (κ1) is 12.4. The molecule has 0 aromatic carbocycles. The number of nitrogens with zero attached hydrogens (tertiary/aromatic N) is 1. The van der Waals surface area contributed by atoms with Crippen LogP contribution in [0.25, 0.3) is 10.4 Å². The highest BCUT2D eigenvalue weighted by molar-refractivity contribution is 7.14. The average Bonchev–Trinajstić information content (AvgIpc) is 3.09. The zero-order valence-electron chi connectivity index (χ0n) is 10.6. The fourth-order valence-corrected chi connectivity index (χ4v) is 3.49. The van der Waals surface area contributed by atoms with Gasteiger partial charge in [0.15, 0.2) is 0 Å². The van der Waals surface area contributed by atoms with Gasteiger partial charge in [0.1, 0.15) is 0 Å². The van der Waals surface area contributed by atoms with E-state index in [0.717, 1.165) is 12.2 Å². The highest BCUT2D eigenvalue weighted by Gasteiger charge is 2.04. The number of pyridine rings is 1. The largest absolute Gasteiger partial charge is 0.379 e. The molecule has 0 unspecified atom stereocenters. The van der Waals surface area contributed by atoms with Crippen molar-refractivity contribution in [1.82, 2.24) is 4.98 Å². The van der Waals surface area contributed by atoms with Gasteiger partial charge in [-0.1, -0.05) is 6.07 Å². The van der Waals surface area contributed by atoms with Crippen LogP contribution in [0.15, 0.2) is 47.4 Å². The third-order valence-corrected chi connectivity index (χ3v) is 4.81. The van der Waals surface area contributed by atoms with Crippen LogP contribution in [0.5, 0.6) is 0 Å². The molecule has 0 bridgehead atoms. The second-order valence-electron chi connectivity index (χ2n) is 4.32. The molecule has 0 fully saturated rings. The minimum atomic E-state index is 0.850. The van der Waals surface area contributed by atoms with Crippen LogP contribution >= 0.6 is 22.7 Å². The number of hydrogen-bond donors (Lipinski definition) is 1. The predicted molar refractivity (Wildman–Crippen MR) is 83.9 cm³/mol. The van der Waals surface area contributed by atoms with Crippen molar-refractivity contribution >= 4 is 28.4 Å². The van der Waals surface area contributed by atoms with Crippen molar-refractivity contribution in [3.8, 4) is 10.4 Å². The standard InChI is InChI=1S/C15H14N2S2/c1-11-4-5-16-9-14(11)17-8-13-7-12(10-19-13)15-3-2-6-18-15/h2-7,9-10,17H,8H2,1H3. The van der Waals surface area contributed by atoms with E-state index < -0.39 is 0 Å². The molecule has 19 heavy (non-hydrogen) atoms. The molecule has 0 amide bonds. The van der Waals surface area contributed by atoms with Crippen molar-refractivity contribution in [2.75, 3.05) is 5.32 Å². The fourth-order valence-electron chi connectivity index (χ4n) is 1.88. The maximum atomic E-state index is 4.15. The van der Waals surface area contributed by atoms with Crippen LogP contribution in [0.3, 0.4) is 0 Å². The molecule has 0 aliphatic heterocycles. The summed E-state index contributed by atoms with van der Waals surface area (Å²) in [5, 5.41) is 7.78. The molecule has 3 aromatic rings. The van der Waals surface area contributed by atoms with Gasteiger partial charge in [0.25, 0.3) is 0 Å². The van der Waals surface area contributed by atoms with E-state index in [1.165, 1.54) is 20.9 Å². The topological polar surface area (TPSA) is 24.9 Å². The Balaban J connectivity index is 1.70. The first-order valence-corrected chi connectivity index (χ1v) is 7.84. The zero-order chi connectivity index (χ0) is 13.1. The number of aromatic nitrogens is 1. The molecular formula is C15H14N2S2. The predicted octanol–water partition coefficient (Wildman–Crippen LogP) is 4.79. The summed E-state index contributed by atoms with van der Waals surface area (Å²) >= 11 is 3.58. The zero-order valence-corrected chi connectivity index (χ0v) is 12.2. The summed E-state index contributed by atoms with van der Waals surface area (Å²) in [5.74, 6) is 0. The van der Waals surface area contributed by atoms with E-state index in [1.807, 2.05) is 18.5 Å². The van der Waals surface area contributed by atoms with Gasteiger partial charge in [0.2, 0.25) is 0 Å². The van der Waals surface area contributed by atoms with Crippen LogP contribution < -0.4 is 5.32 Å². The summed E-state index contributed by atoms with van der Waals surface area (Å²) in [6, 6.07) is 8.53. The maximum Gasteiger partial charge on any atom is 0.0559 e. The van der Waals surface area contributed by atoms with Gasteiger partial charge in [-0.3, -0.25) is 4.98 Å². The first-order chi connectivity index (χ1) is 9.33. The lowest BCUT2D eigenvalue weighted by atomic mass is 10.2. The Morgan fingerprint density at radius 1 is 1.26 bits per heavy atom. The maximum absolute atomic E-state index is 4.15. The summed E-state index contributed by atoms with van der Waals surface area (Å²) in [7, 11) is 0. The van der Waals surface area contributed by atoms with E-state index in [9.17, 15) is 0 Å². The van der Waals surface area contributed by atoms with Gasteiger partial charge in [-0.05, 0) is 41.4 Å². The minimum absolute atomic E-state index is 0.850. The second-order valence-corrected chi connectivity index (χ2v) is 6.27. The quantitative estimate of drug-likeness (QED) is 0.745. The van der Waals surface area contributed by atoms with Crippen LogP contribution in [0.4, 0.5) is 5.69 Å². The molecule has 0 saturated heterocycles. The summed E-state index contributed by atoms with van der Waals surface area (Å²) in [4.78, 5) is 6.82. The second kappa shape index (κ2) is 5.55. The third kappa shape index (κ3) is 2.85. The van der Waals surface area contributed by atoms with Gasteiger partial charge in [-0.2, -0.15) is 0 Å². The van der Waals surface area contributed by atoms with Gasteiger partial charge in [-0.15, -0.1) is 22.7 Å². The molecule has 3 aromatic heterocycles. The molecule has 96 valence electrons. The Morgan fingerprint density at radius 2 is 2.21 bits per heavy atom. The highest BCUT2D eigenvalue weighted by atomic mass is 32.1. The Hall–Kier alpha value is -1.65. The molecule has 2 nitrogen and oxygen atoms in total. The van der Waals surface area contributed by atoms with E-state index in [4.69, 9.17) is 0 Å². The highest BCUT2D eigenvalue weighted by Crippen LogP contribution is 2.29. The summed E-state index contributed by atoms with van der Waals surface area (Å²) in [6.45, 7) is 2.94. The van der Waals surface area contributed by atoms with E-state index in [2.05, 4.69) is 46.2 Å². The van der Waals surface area contributed by atoms with Crippen LogP contribution in [0, 0.1) is 6.92 Å². The molecule has 0 saturated carbocycles. The van der Waals surface area contributed by atoms with Gasteiger partial charge in [-0.25, -0.2) is 0 Å². The minimum Gasteiger partial charge on any atom is -0.379 e. The van der Waals surface area contributed by atoms with Crippen LogP contribution in [0.2, 0.25) is 0 Å². The number of anilines is 1. The molecule has 0 aliphatic carbocycles. The van der Waals surface area contributed by atoms with Crippen LogP contribution in [0.1, 0.15) is 10.4 Å². The van der Waals surface area contributed by atoms with Crippen LogP contribution in [-0.4, -0.2) is 4.98 Å². The van der Waals surface area contributed by atoms with E-state index in [0.29, 0.717) is 0 Å². The van der Waals surface area contributed by atoms with E-state index >= 15 is 0 Å². The van der Waals surface area contributed by atoms with Gasteiger partial charge < -0.3 is 5.32 Å². The molecule has 3 heterocycles. The SMILES string of the molecule is Cc1ccncc1NCc1cc(-c2cccs2)cs1. The number of rotatable bonds is 4. The monoisotopic (exact) mass is 286 g/mol. The number of hydrogen-bond acceptors (Lipinski definition) is 4. The van der Waals surface area contributed by atoms with Crippen molar-refractivity contribution in [2.45, 2.75) is 13.5 Å². The average molecular weight is 286 g/mol. The molecule has 0 spiro atoms. The van der Waals surface area contributed by atoms with Gasteiger partial charge in [0, 0.05) is 28.1 Å². The van der Waals surface area contributed by atoms with Crippen molar-refractivity contribution in [3.63, 3.8) is 0 Å². The molecule has 0 radical (unpaired) electrons. The van der Waals surface area contributed by atoms with Crippen molar-refractivity contribution in [2.24, 2.45) is 0 Å². The van der Waals surface area contributed by atoms with Crippen molar-refractivity contribution in [3.05, 3.63) is 57.9 Å². The lowest BCUT2D eigenvalue weighted by Crippen LogP contribution is -1.99. The van der Waals surface area contributed by atoms with Gasteiger partial charge in [0.05, 0.1) is 11.9 Å². The molecule has 4 heteroatoms. The first-order valence-electron chi connectivity index (χ1n) is 6.09. The Bertz CT molecular complexity index is 656. The lowest BCUT2D eigenvalue weighted by Gasteiger charge is -2.06. The Labute approximate surface area is 120 Å². The summed E-state index contributed by atoms with van der Waals surface area (Å²) in [6.07, 6.45) is 3.70. The fraction of sp³-hybridized carbons (Fsp3) is 0.133. The molecule has 0 atom stereocenters. The lowest BCUT2D eigenvalue weighted by molar-refractivity contribution is 1.16. The molecule has 3 rings (SSSR count). The molecule has 0 aliphatic rings. The number of aryl methyl sites for hydroxylation is 1. The summed E-state index contributed by atoms with van der Waals surface area (Å²) in [5.41, 5.74) is 3.65. The Kier molecular flexibility index (Phi) is 3.62. The number of nitrogens with one attached hydrogen (secondary N) is 1. The van der Waals surface area contributed by atoms with Gasteiger partial charge >= 0.3 is 0 Å². The van der Waals surface area contributed by atoms with Crippen LogP contribution in [-0.2, 0) is 6.54 Å². The summed E-state index contributed by atoms with van der Waals surface area (Å²) < 4.78 is 0. The van der Waals surface area contributed by atoms with E-state index in [1.54, 1.807) is 22.7 Å². The molecular weight excluding hydrogens is 272 g/mol.